The van der Waals surface area contributed by atoms with Crippen LogP contribution in [0.2, 0.25) is 0 Å². The van der Waals surface area contributed by atoms with Crippen LogP contribution in [0.15, 0.2) is 64.4 Å². The van der Waals surface area contributed by atoms with Gasteiger partial charge in [-0.1, -0.05) is 30.3 Å². The molecule has 0 aliphatic rings. The highest BCUT2D eigenvalue weighted by Crippen LogP contribution is 2.40. The molecule has 4 N–H and O–H groups in total. The Kier molecular flexibility index (Phi) is 4.85. The molecule has 0 fully saturated rings. The van der Waals surface area contributed by atoms with Gasteiger partial charge in [0.25, 0.3) is 26.1 Å². The smallest absolute Gasteiger partial charge is 0.298 e. The number of carbonyl (C=O) groups is 1. The average molecular weight is 423 g/mol. The average Bonchev–Trinajstić information content (AvgIpc) is 2.60. The molecule has 146 valence electrons. The van der Waals surface area contributed by atoms with Crippen molar-refractivity contribution in [3.8, 4) is 5.75 Å². The van der Waals surface area contributed by atoms with Crippen LogP contribution in [0.4, 0.5) is 5.69 Å². The predicted molar refractivity (Wildman–Crippen MR) is 99.6 cm³/mol. The van der Waals surface area contributed by atoms with Crippen molar-refractivity contribution in [2.24, 2.45) is 0 Å². The fourth-order valence-electron chi connectivity index (χ4n) is 2.70. The number of benzene rings is 3. The minimum atomic E-state index is -5.04. The minimum Gasteiger partial charge on any atom is -0.506 e. The van der Waals surface area contributed by atoms with Gasteiger partial charge in [0.1, 0.15) is 15.5 Å². The SMILES string of the molecule is O=C(Nc1cccc2c(S(=O)(=O)O)cc(S(=O)(=O)O)c(O)c12)c1ccccc1. The van der Waals surface area contributed by atoms with E-state index in [0.717, 1.165) is 0 Å². The summed E-state index contributed by atoms with van der Waals surface area (Å²) in [7, 11) is -9.97. The van der Waals surface area contributed by atoms with Gasteiger partial charge in [0.15, 0.2) is 0 Å². The third kappa shape index (κ3) is 3.68. The molecule has 28 heavy (non-hydrogen) atoms. The number of nitrogens with one attached hydrogen (secondary N) is 1. The number of hydrogen-bond donors (Lipinski definition) is 4. The zero-order chi connectivity index (χ0) is 20.7. The van der Waals surface area contributed by atoms with Crippen LogP contribution in [0.3, 0.4) is 0 Å². The van der Waals surface area contributed by atoms with Gasteiger partial charge in [-0.05, 0) is 24.3 Å². The molecule has 0 atom stereocenters. The van der Waals surface area contributed by atoms with Crippen molar-refractivity contribution in [2.75, 3.05) is 5.32 Å². The quantitative estimate of drug-likeness (QED) is 0.465. The minimum absolute atomic E-state index is 0.126. The monoisotopic (exact) mass is 423 g/mol. The first-order chi connectivity index (χ1) is 13.0. The lowest BCUT2D eigenvalue weighted by Crippen LogP contribution is -2.12. The summed E-state index contributed by atoms with van der Waals surface area (Å²) >= 11 is 0. The molecule has 0 bridgehead atoms. The number of amides is 1. The van der Waals surface area contributed by atoms with E-state index in [1.807, 2.05) is 0 Å². The lowest BCUT2D eigenvalue weighted by atomic mass is 10.1. The van der Waals surface area contributed by atoms with Gasteiger partial charge in [0.2, 0.25) is 0 Å². The number of fused-ring (bicyclic) bond motifs is 1. The van der Waals surface area contributed by atoms with Crippen molar-refractivity contribution in [1.82, 2.24) is 0 Å². The number of carbonyl (C=O) groups excluding carboxylic acids is 1. The van der Waals surface area contributed by atoms with E-state index in [1.165, 1.54) is 30.3 Å². The Bertz CT molecular complexity index is 1300. The number of anilines is 1. The molecule has 9 nitrogen and oxygen atoms in total. The summed E-state index contributed by atoms with van der Waals surface area (Å²) in [5.74, 6) is -1.59. The molecule has 0 unspecified atom stereocenters. The van der Waals surface area contributed by atoms with Crippen molar-refractivity contribution in [3.05, 3.63) is 60.2 Å². The standard InChI is InChI=1S/C17H13NO8S2/c19-16-14(28(24,25)26)9-13(27(21,22)23)11-7-4-8-12(15(11)16)18-17(20)10-5-2-1-3-6-10/h1-9,19H,(H,18,20)(H,21,22,23)(H,24,25,26). The third-order valence-electron chi connectivity index (χ3n) is 3.90. The summed E-state index contributed by atoms with van der Waals surface area (Å²) in [6, 6.07) is 12.2. The van der Waals surface area contributed by atoms with E-state index in [9.17, 15) is 35.8 Å². The Morgan fingerprint density at radius 1 is 0.821 bits per heavy atom. The van der Waals surface area contributed by atoms with Crippen LogP contribution in [0, 0.1) is 0 Å². The summed E-state index contributed by atoms with van der Waals surface area (Å²) in [6.07, 6.45) is 0. The second-order valence-corrected chi connectivity index (χ2v) is 8.50. The number of hydrogen-bond acceptors (Lipinski definition) is 6. The van der Waals surface area contributed by atoms with E-state index in [0.29, 0.717) is 6.07 Å². The van der Waals surface area contributed by atoms with E-state index in [4.69, 9.17) is 0 Å². The summed E-state index contributed by atoms with van der Waals surface area (Å²) < 4.78 is 65.3. The van der Waals surface area contributed by atoms with Crippen LogP contribution in [-0.2, 0) is 20.2 Å². The van der Waals surface area contributed by atoms with Crippen LogP contribution in [-0.4, -0.2) is 37.0 Å². The molecule has 0 aromatic heterocycles. The molecule has 0 radical (unpaired) electrons. The fraction of sp³-hybridized carbons (Fsp3) is 0. The van der Waals surface area contributed by atoms with E-state index >= 15 is 0 Å². The number of phenolic OH excluding ortho intramolecular Hbond substituents is 1. The molecule has 1 amide bonds. The molecular weight excluding hydrogens is 410 g/mol. The first-order valence-electron chi connectivity index (χ1n) is 7.60. The van der Waals surface area contributed by atoms with Crippen molar-refractivity contribution in [2.45, 2.75) is 9.79 Å². The molecule has 0 heterocycles. The van der Waals surface area contributed by atoms with Gasteiger partial charge >= 0.3 is 0 Å². The largest absolute Gasteiger partial charge is 0.506 e. The molecule has 3 aromatic carbocycles. The lowest BCUT2D eigenvalue weighted by Gasteiger charge is -2.14. The molecule has 0 spiro atoms. The van der Waals surface area contributed by atoms with Crippen molar-refractivity contribution in [1.29, 1.82) is 0 Å². The highest BCUT2D eigenvalue weighted by Gasteiger charge is 2.27. The molecule has 0 saturated heterocycles. The van der Waals surface area contributed by atoms with Crippen LogP contribution >= 0.6 is 0 Å². The van der Waals surface area contributed by atoms with Crippen LogP contribution < -0.4 is 5.32 Å². The van der Waals surface area contributed by atoms with Crippen LogP contribution in [0.25, 0.3) is 10.8 Å². The maximum Gasteiger partial charge on any atom is 0.298 e. The Balaban J connectivity index is 2.32. The van der Waals surface area contributed by atoms with Crippen molar-refractivity contribution < 1.29 is 35.8 Å². The zero-order valence-corrected chi connectivity index (χ0v) is 15.5. The van der Waals surface area contributed by atoms with Gasteiger partial charge in [0.05, 0.1) is 5.69 Å². The lowest BCUT2D eigenvalue weighted by molar-refractivity contribution is 0.102. The maximum absolute atomic E-state index is 12.4. The molecule has 3 rings (SSSR count). The predicted octanol–water partition coefficient (Wildman–Crippen LogP) is 2.29. The summed E-state index contributed by atoms with van der Waals surface area (Å²) in [5, 5.41) is 12.2. The van der Waals surface area contributed by atoms with Gasteiger partial charge in [0, 0.05) is 16.3 Å². The Labute approximate surface area is 159 Å². The molecular formula is C17H13NO8S2. The van der Waals surface area contributed by atoms with Crippen LogP contribution in [0.5, 0.6) is 5.75 Å². The normalized spacial score (nSPS) is 12.1. The zero-order valence-electron chi connectivity index (χ0n) is 13.9. The number of aromatic hydroxyl groups is 1. The molecule has 0 saturated carbocycles. The highest BCUT2D eigenvalue weighted by atomic mass is 32.2. The summed E-state index contributed by atoms with van der Waals surface area (Å²) in [4.78, 5) is 10.4. The second kappa shape index (κ2) is 6.87. The van der Waals surface area contributed by atoms with E-state index < -0.39 is 41.7 Å². The van der Waals surface area contributed by atoms with Gasteiger partial charge < -0.3 is 10.4 Å². The van der Waals surface area contributed by atoms with Crippen molar-refractivity contribution in [3.63, 3.8) is 0 Å². The van der Waals surface area contributed by atoms with E-state index in [2.05, 4.69) is 5.32 Å². The number of phenols is 1. The first kappa shape index (κ1) is 19.8. The molecule has 0 aliphatic carbocycles. The first-order valence-corrected chi connectivity index (χ1v) is 10.5. The second-order valence-electron chi connectivity index (χ2n) is 5.72. The fourth-order valence-corrected chi connectivity index (χ4v) is 4.10. The Morgan fingerprint density at radius 3 is 2.00 bits per heavy atom. The highest BCUT2D eigenvalue weighted by molar-refractivity contribution is 7.86. The Morgan fingerprint density at radius 2 is 1.43 bits per heavy atom. The van der Waals surface area contributed by atoms with Gasteiger partial charge in [-0.2, -0.15) is 16.8 Å². The number of rotatable bonds is 4. The maximum atomic E-state index is 12.4. The van der Waals surface area contributed by atoms with Crippen molar-refractivity contribution >= 4 is 42.6 Å². The Hall–Kier alpha value is -2.99. The van der Waals surface area contributed by atoms with E-state index in [1.54, 1.807) is 18.2 Å². The van der Waals surface area contributed by atoms with Crippen LogP contribution in [0.1, 0.15) is 10.4 Å². The van der Waals surface area contributed by atoms with Gasteiger partial charge in [-0.25, -0.2) is 0 Å². The molecule has 0 aliphatic heterocycles. The van der Waals surface area contributed by atoms with E-state index in [-0.39, 0.29) is 22.0 Å². The topological polar surface area (TPSA) is 158 Å². The molecule has 3 aromatic rings. The molecule has 11 heteroatoms. The van der Waals surface area contributed by atoms with Gasteiger partial charge in [-0.3, -0.25) is 13.9 Å². The third-order valence-corrected chi connectivity index (χ3v) is 5.66. The van der Waals surface area contributed by atoms with Gasteiger partial charge in [-0.15, -0.1) is 0 Å². The summed E-state index contributed by atoms with van der Waals surface area (Å²) in [5.41, 5.74) is 0.124. The summed E-state index contributed by atoms with van der Waals surface area (Å²) in [6.45, 7) is 0.